The molecule has 3 heterocycles. The molecule has 27 heavy (non-hydrogen) atoms. The van der Waals surface area contributed by atoms with Crippen molar-refractivity contribution < 1.29 is 9.53 Å². The van der Waals surface area contributed by atoms with Crippen LogP contribution in [-0.2, 0) is 11.2 Å². The first kappa shape index (κ1) is 18.8. The molecular formula is C22H33N3O2. The molecule has 3 aliphatic rings. The van der Waals surface area contributed by atoms with E-state index in [9.17, 15) is 4.79 Å². The molecule has 2 amide bonds. The molecular weight excluding hydrogens is 338 g/mol. The highest BCUT2D eigenvalue weighted by molar-refractivity contribution is 5.74. The van der Waals surface area contributed by atoms with Crippen LogP contribution in [0.1, 0.15) is 37.7 Å². The largest absolute Gasteiger partial charge is 0.371 e. The number of benzene rings is 1. The second-order valence-corrected chi connectivity index (χ2v) is 8.36. The van der Waals surface area contributed by atoms with Gasteiger partial charge in [-0.05, 0) is 44.1 Å². The first-order chi connectivity index (χ1) is 13.2. The van der Waals surface area contributed by atoms with E-state index in [-0.39, 0.29) is 11.6 Å². The van der Waals surface area contributed by atoms with Gasteiger partial charge in [0.25, 0.3) is 0 Å². The lowest BCUT2D eigenvalue weighted by Crippen LogP contribution is -2.60. The minimum Gasteiger partial charge on any atom is -0.371 e. The quantitative estimate of drug-likeness (QED) is 0.819. The van der Waals surface area contributed by atoms with Gasteiger partial charge in [-0.25, -0.2) is 4.79 Å². The molecule has 5 heteroatoms. The van der Waals surface area contributed by atoms with Crippen molar-refractivity contribution in [2.24, 2.45) is 0 Å². The Morgan fingerprint density at radius 3 is 2.41 bits per heavy atom. The predicted molar refractivity (Wildman–Crippen MR) is 107 cm³/mol. The molecule has 3 fully saturated rings. The van der Waals surface area contributed by atoms with Gasteiger partial charge in [-0.3, -0.25) is 0 Å². The summed E-state index contributed by atoms with van der Waals surface area (Å²) in [4.78, 5) is 19.6. The molecule has 0 aromatic heterocycles. The van der Waals surface area contributed by atoms with E-state index in [1.807, 2.05) is 0 Å². The zero-order chi connectivity index (χ0) is 18.5. The number of morpholine rings is 1. The number of rotatable bonds is 3. The van der Waals surface area contributed by atoms with E-state index in [4.69, 9.17) is 4.74 Å². The molecule has 1 aromatic rings. The summed E-state index contributed by atoms with van der Waals surface area (Å²) in [5.41, 5.74) is 1.29. The Hall–Kier alpha value is -1.59. The second kappa shape index (κ2) is 8.61. The zero-order valence-electron chi connectivity index (χ0n) is 16.4. The molecule has 3 aliphatic heterocycles. The van der Waals surface area contributed by atoms with Crippen LogP contribution in [-0.4, -0.2) is 78.8 Å². The minimum atomic E-state index is -0.118. The summed E-state index contributed by atoms with van der Waals surface area (Å²) >= 11 is 0. The molecule has 0 aliphatic carbocycles. The Morgan fingerprint density at radius 2 is 1.67 bits per heavy atom. The molecule has 1 aromatic carbocycles. The smallest absolute Gasteiger partial charge is 0.320 e. The van der Waals surface area contributed by atoms with E-state index in [0.717, 1.165) is 77.9 Å². The molecule has 3 saturated heterocycles. The Kier molecular flexibility index (Phi) is 5.98. The highest BCUT2D eigenvalue weighted by atomic mass is 16.5. The van der Waals surface area contributed by atoms with Crippen LogP contribution in [0.5, 0.6) is 0 Å². The molecule has 4 rings (SSSR count). The number of nitrogens with zero attached hydrogens (tertiary/aromatic N) is 3. The number of urea groups is 1. The number of amides is 2. The summed E-state index contributed by atoms with van der Waals surface area (Å²) in [6.45, 7) is 7.30. The standard InChI is InChI=1S/C22H33N3O2/c26-21(24-12-5-2-6-13-24)25-17-18-27-22(19-25)10-15-23(16-11-22)14-9-20-7-3-1-4-8-20/h1,3-4,7-8H,2,5-6,9-19H2. The van der Waals surface area contributed by atoms with Crippen LogP contribution in [0.15, 0.2) is 30.3 Å². The van der Waals surface area contributed by atoms with Gasteiger partial charge in [0, 0.05) is 39.3 Å². The summed E-state index contributed by atoms with van der Waals surface area (Å²) in [5.74, 6) is 0. The summed E-state index contributed by atoms with van der Waals surface area (Å²) in [7, 11) is 0. The van der Waals surface area contributed by atoms with E-state index in [2.05, 4.69) is 45.0 Å². The topological polar surface area (TPSA) is 36.0 Å². The highest BCUT2D eigenvalue weighted by Gasteiger charge is 2.41. The zero-order valence-corrected chi connectivity index (χ0v) is 16.4. The van der Waals surface area contributed by atoms with Crippen molar-refractivity contribution in [1.29, 1.82) is 0 Å². The van der Waals surface area contributed by atoms with E-state index in [0.29, 0.717) is 6.61 Å². The average molecular weight is 372 g/mol. The third kappa shape index (κ3) is 4.64. The number of likely N-dealkylation sites (tertiary alicyclic amines) is 2. The van der Waals surface area contributed by atoms with Crippen molar-refractivity contribution in [3.63, 3.8) is 0 Å². The van der Waals surface area contributed by atoms with E-state index in [1.54, 1.807) is 0 Å². The van der Waals surface area contributed by atoms with Crippen molar-refractivity contribution >= 4 is 6.03 Å². The predicted octanol–water partition coefficient (Wildman–Crippen LogP) is 3.00. The fourth-order valence-electron chi connectivity index (χ4n) is 4.71. The van der Waals surface area contributed by atoms with Crippen LogP contribution >= 0.6 is 0 Å². The van der Waals surface area contributed by atoms with E-state index < -0.39 is 0 Å². The molecule has 0 unspecified atom stereocenters. The van der Waals surface area contributed by atoms with Gasteiger partial charge in [-0.15, -0.1) is 0 Å². The van der Waals surface area contributed by atoms with Gasteiger partial charge in [0.2, 0.25) is 0 Å². The van der Waals surface area contributed by atoms with E-state index in [1.165, 1.54) is 12.0 Å². The Morgan fingerprint density at radius 1 is 0.926 bits per heavy atom. The number of piperidine rings is 2. The van der Waals surface area contributed by atoms with Gasteiger partial charge in [0.1, 0.15) is 0 Å². The summed E-state index contributed by atoms with van der Waals surface area (Å²) in [6.07, 6.45) is 6.73. The molecule has 5 nitrogen and oxygen atoms in total. The maximum atomic E-state index is 12.9. The number of carbonyl (C=O) groups is 1. The van der Waals surface area contributed by atoms with Gasteiger partial charge >= 0.3 is 6.03 Å². The minimum absolute atomic E-state index is 0.118. The van der Waals surface area contributed by atoms with E-state index >= 15 is 0 Å². The van der Waals surface area contributed by atoms with Crippen molar-refractivity contribution in [2.75, 3.05) is 52.4 Å². The normalized spacial score (nSPS) is 23.6. The maximum Gasteiger partial charge on any atom is 0.320 e. The van der Waals surface area contributed by atoms with Crippen molar-refractivity contribution in [3.8, 4) is 0 Å². The van der Waals surface area contributed by atoms with Crippen molar-refractivity contribution in [2.45, 2.75) is 44.1 Å². The second-order valence-electron chi connectivity index (χ2n) is 8.36. The van der Waals surface area contributed by atoms with Crippen LogP contribution in [0.25, 0.3) is 0 Å². The molecule has 0 bridgehead atoms. The first-order valence-corrected chi connectivity index (χ1v) is 10.7. The molecule has 0 radical (unpaired) electrons. The third-order valence-electron chi connectivity index (χ3n) is 6.47. The van der Waals surface area contributed by atoms with Crippen LogP contribution < -0.4 is 0 Å². The van der Waals surface area contributed by atoms with Gasteiger partial charge in [-0.2, -0.15) is 0 Å². The van der Waals surface area contributed by atoms with Crippen LogP contribution in [0.3, 0.4) is 0 Å². The Bertz CT molecular complexity index is 607. The van der Waals surface area contributed by atoms with Gasteiger partial charge in [-0.1, -0.05) is 30.3 Å². The molecule has 148 valence electrons. The fraction of sp³-hybridized carbons (Fsp3) is 0.682. The maximum absolute atomic E-state index is 12.9. The van der Waals surface area contributed by atoms with Crippen molar-refractivity contribution in [1.82, 2.24) is 14.7 Å². The number of hydrogen-bond acceptors (Lipinski definition) is 3. The first-order valence-electron chi connectivity index (χ1n) is 10.7. The lowest BCUT2D eigenvalue weighted by Gasteiger charge is -2.48. The highest BCUT2D eigenvalue weighted by Crippen LogP contribution is 2.31. The van der Waals surface area contributed by atoms with Crippen LogP contribution in [0, 0.1) is 0 Å². The lowest BCUT2D eigenvalue weighted by atomic mass is 9.89. The molecule has 0 atom stereocenters. The SMILES string of the molecule is O=C(N1CCCCC1)N1CCOC2(CCN(CCc3ccccc3)CC2)C1. The van der Waals surface area contributed by atoms with Crippen LogP contribution in [0.2, 0.25) is 0 Å². The average Bonchev–Trinajstić information content (AvgIpc) is 2.74. The van der Waals surface area contributed by atoms with Gasteiger partial charge < -0.3 is 19.4 Å². The van der Waals surface area contributed by atoms with Gasteiger partial charge in [0.05, 0.1) is 18.8 Å². The number of hydrogen-bond donors (Lipinski definition) is 0. The van der Waals surface area contributed by atoms with Gasteiger partial charge in [0.15, 0.2) is 0 Å². The summed E-state index contributed by atoms with van der Waals surface area (Å²) in [6, 6.07) is 11.0. The molecule has 0 N–H and O–H groups in total. The number of ether oxygens (including phenoxy) is 1. The van der Waals surface area contributed by atoms with Crippen LogP contribution in [0.4, 0.5) is 4.79 Å². The Balaban J connectivity index is 1.27. The summed E-state index contributed by atoms with van der Waals surface area (Å²) < 4.78 is 6.25. The Labute approximate surface area is 163 Å². The van der Waals surface area contributed by atoms with Crippen molar-refractivity contribution in [3.05, 3.63) is 35.9 Å². The third-order valence-corrected chi connectivity index (χ3v) is 6.47. The fourth-order valence-corrected chi connectivity index (χ4v) is 4.71. The lowest BCUT2D eigenvalue weighted by molar-refractivity contribution is -0.127. The summed E-state index contributed by atoms with van der Waals surface area (Å²) in [5, 5.41) is 0. The molecule has 0 saturated carbocycles. The molecule has 1 spiro atoms. The number of carbonyl (C=O) groups excluding carboxylic acids is 1. The monoisotopic (exact) mass is 371 g/mol.